The minimum atomic E-state index is 0.229. The summed E-state index contributed by atoms with van der Waals surface area (Å²) in [6, 6.07) is 6.43. The molecule has 0 amide bonds. The van der Waals surface area contributed by atoms with Gasteiger partial charge < -0.3 is 19.8 Å². The van der Waals surface area contributed by atoms with E-state index in [1.807, 2.05) is 6.07 Å². The van der Waals surface area contributed by atoms with Gasteiger partial charge >= 0.3 is 0 Å². The summed E-state index contributed by atoms with van der Waals surface area (Å²) in [4.78, 5) is 2.38. The highest BCUT2D eigenvalue weighted by molar-refractivity contribution is 5.89. The van der Waals surface area contributed by atoms with Gasteiger partial charge in [0.25, 0.3) is 0 Å². The fraction of sp³-hybridized carbons (Fsp3) is 0.588. The lowest BCUT2D eigenvalue weighted by molar-refractivity contribution is 0.271. The Kier molecular flexibility index (Phi) is 4.52. The van der Waals surface area contributed by atoms with E-state index in [4.69, 9.17) is 9.47 Å². The first kappa shape index (κ1) is 15.2. The average molecular weight is 303 g/mol. The molecule has 3 rings (SSSR count). The molecule has 2 aliphatic heterocycles. The van der Waals surface area contributed by atoms with Crippen molar-refractivity contribution in [2.24, 2.45) is 11.0 Å². The molecule has 2 unspecified atom stereocenters. The Labute approximate surface area is 132 Å². The van der Waals surface area contributed by atoms with Gasteiger partial charge in [0.15, 0.2) is 11.5 Å². The molecular weight excluding hydrogens is 278 g/mol. The number of piperidine rings is 1. The van der Waals surface area contributed by atoms with Gasteiger partial charge in [-0.05, 0) is 31.2 Å². The van der Waals surface area contributed by atoms with E-state index < -0.39 is 0 Å². The molecule has 0 saturated carbocycles. The number of benzene rings is 1. The molecule has 1 saturated heterocycles. The average Bonchev–Trinajstić information content (AvgIpc) is 2.95. The molecule has 2 aliphatic rings. The van der Waals surface area contributed by atoms with Crippen molar-refractivity contribution in [3.05, 3.63) is 23.8 Å². The molecule has 1 aromatic carbocycles. The Morgan fingerprint density at radius 3 is 3.00 bits per heavy atom. The Bertz CT molecular complexity index is 559. The lowest BCUT2D eigenvalue weighted by Gasteiger charge is -2.31. The summed E-state index contributed by atoms with van der Waals surface area (Å²) in [5, 5.41) is 4.55. The van der Waals surface area contributed by atoms with Crippen LogP contribution in [0.3, 0.4) is 0 Å². The van der Waals surface area contributed by atoms with E-state index in [0.29, 0.717) is 12.5 Å². The predicted molar refractivity (Wildman–Crippen MR) is 87.7 cm³/mol. The molecule has 5 nitrogen and oxygen atoms in total. The number of fused-ring (bicyclic) bond motifs is 1. The molecule has 0 aromatic heterocycles. The van der Waals surface area contributed by atoms with E-state index in [1.54, 1.807) is 7.11 Å². The van der Waals surface area contributed by atoms with E-state index in [0.717, 1.165) is 37.4 Å². The molecule has 1 aromatic rings. The molecule has 2 atom stereocenters. The van der Waals surface area contributed by atoms with Crippen LogP contribution in [0.5, 0.6) is 11.5 Å². The molecule has 22 heavy (non-hydrogen) atoms. The van der Waals surface area contributed by atoms with Gasteiger partial charge in [-0.15, -0.1) is 0 Å². The van der Waals surface area contributed by atoms with E-state index in [1.165, 1.54) is 11.3 Å². The first-order chi connectivity index (χ1) is 10.7. The molecule has 0 radical (unpaired) electrons. The summed E-state index contributed by atoms with van der Waals surface area (Å²) in [7, 11) is 3.86. The SMILES string of the molecule is CCCOc1cc(C2NN=C3CCN(C)CC32)ccc1OC. The number of hydrogen-bond acceptors (Lipinski definition) is 5. The maximum atomic E-state index is 5.83. The van der Waals surface area contributed by atoms with E-state index in [9.17, 15) is 0 Å². The lowest BCUT2D eigenvalue weighted by Crippen LogP contribution is -2.39. The summed E-state index contributed by atoms with van der Waals surface area (Å²) in [6.45, 7) is 4.95. The zero-order chi connectivity index (χ0) is 15.5. The normalized spacial score (nSPS) is 24.4. The van der Waals surface area contributed by atoms with Crippen LogP contribution in [0.25, 0.3) is 0 Å². The van der Waals surface area contributed by atoms with Crippen molar-refractivity contribution in [1.82, 2.24) is 10.3 Å². The maximum absolute atomic E-state index is 5.83. The van der Waals surface area contributed by atoms with Crippen molar-refractivity contribution < 1.29 is 9.47 Å². The van der Waals surface area contributed by atoms with Gasteiger partial charge in [-0.2, -0.15) is 5.10 Å². The van der Waals surface area contributed by atoms with Crippen LogP contribution in [0.4, 0.5) is 0 Å². The van der Waals surface area contributed by atoms with Crippen LogP contribution in [-0.2, 0) is 0 Å². The van der Waals surface area contributed by atoms with Crippen LogP contribution >= 0.6 is 0 Å². The van der Waals surface area contributed by atoms with Crippen LogP contribution < -0.4 is 14.9 Å². The third kappa shape index (κ3) is 2.90. The summed E-state index contributed by atoms with van der Waals surface area (Å²) in [5.74, 6) is 2.06. The lowest BCUT2D eigenvalue weighted by atomic mass is 9.86. The fourth-order valence-corrected chi connectivity index (χ4v) is 3.22. The van der Waals surface area contributed by atoms with Gasteiger partial charge in [-0.1, -0.05) is 13.0 Å². The van der Waals surface area contributed by atoms with Gasteiger partial charge in [0.05, 0.1) is 19.8 Å². The van der Waals surface area contributed by atoms with E-state index >= 15 is 0 Å². The van der Waals surface area contributed by atoms with E-state index in [-0.39, 0.29) is 6.04 Å². The summed E-state index contributed by atoms with van der Waals surface area (Å²) >= 11 is 0. The fourth-order valence-electron chi connectivity index (χ4n) is 3.22. The molecule has 0 bridgehead atoms. The maximum Gasteiger partial charge on any atom is 0.161 e. The first-order valence-corrected chi connectivity index (χ1v) is 8.04. The van der Waals surface area contributed by atoms with Gasteiger partial charge in [0.2, 0.25) is 0 Å². The highest BCUT2D eigenvalue weighted by Crippen LogP contribution is 2.36. The van der Waals surface area contributed by atoms with Crippen molar-refractivity contribution in [2.75, 3.05) is 33.9 Å². The third-order valence-corrected chi connectivity index (χ3v) is 4.44. The van der Waals surface area contributed by atoms with Crippen molar-refractivity contribution in [1.29, 1.82) is 0 Å². The molecule has 5 heteroatoms. The van der Waals surface area contributed by atoms with Gasteiger partial charge in [-0.3, -0.25) is 0 Å². The van der Waals surface area contributed by atoms with Crippen molar-refractivity contribution >= 4 is 5.71 Å². The molecule has 0 spiro atoms. The Morgan fingerprint density at radius 1 is 1.36 bits per heavy atom. The van der Waals surface area contributed by atoms with Crippen molar-refractivity contribution in [3.8, 4) is 11.5 Å². The highest BCUT2D eigenvalue weighted by Gasteiger charge is 2.36. The molecule has 1 N–H and O–H groups in total. The highest BCUT2D eigenvalue weighted by atomic mass is 16.5. The number of methoxy groups -OCH3 is 1. The Balaban J connectivity index is 1.82. The topological polar surface area (TPSA) is 46.1 Å². The minimum absolute atomic E-state index is 0.229. The molecular formula is C17H25N3O2. The number of nitrogens with zero attached hydrogens (tertiary/aromatic N) is 2. The Morgan fingerprint density at radius 2 is 2.23 bits per heavy atom. The number of rotatable bonds is 5. The number of hydrazone groups is 1. The van der Waals surface area contributed by atoms with Gasteiger partial charge in [0, 0.05) is 31.1 Å². The zero-order valence-corrected chi connectivity index (χ0v) is 13.6. The summed E-state index contributed by atoms with van der Waals surface area (Å²) < 4.78 is 11.2. The van der Waals surface area contributed by atoms with Crippen molar-refractivity contribution in [3.63, 3.8) is 0 Å². The molecule has 120 valence electrons. The first-order valence-electron chi connectivity index (χ1n) is 8.04. The molecule has 2 heterocycles. The van der Waals surface area contributed by atoms with Gasteiger partial charge in [-0.25, -0.2) is 0 Å². The van der Waals surface area contributed by atoms with Crippen LogP contribution in [0.15, 0.2) is 23.3 Å². The monoisotopic (exact) mass is 303 g/mol. The second-order valence-corrected chi connectivity index (χ2v) is 6.09. The molecule has 1 fully saturated rings. The third-order valence-electron chi connectivity index (χ3n) is 4.44. The Hall–Kier alpha value is -1.75. The second-order valence-electron chi connectivity index (χ2n) is 6.09. The van der Waals surface area contributed by atoms with E-state index in [2.05, 4.69) is 41.5 Å². The predicted octanol–water partition coefficient (Wildman–Crippen LogP) is 2.44. The second kappa shape index (κ2) is 6.57. The smallest absolute Gasteiger partial charge is 0.161 e. The zero-order valence-electron chi connectivity index (χ0n) is 13.6. The largest absolute Gasteiger partial charge is 0.493 e. The number of hydrogen-bond donors (Lipinski definition) is 1. The number of likely N-dealkylation sites (tertiary alicyclic amines) is 1. The summed E-state index contributed by atoms with van der Waals surface area (Å²) in [5.41, 5.74) is 5.84. The van der Waals surface area contributed by atoms with Crippen molar-refractivity contribution in [2.45, 2.75) is 25.8 Å². The van der Waals surface area contributed by atoms with Crippen LogP contribution in [0.1, 0.15) is 31.4 Å². The van der Waals surface area contributed by atoms with Crippen LogP contribution in [0.2, 0.25) is 0 Å². The standard InChI is InChI=1S/C17H25N3O2/c1-4-9-22-16-10-12(5-6-15(16)21-3)17-13-11-20(2)8-7-14(13)18-19-17/h5-6,10,13,17,19H,4,7-9,11H2,1-3H3. The quantitative estimate of drug-likeness (QED) is 0.907. The molecule has 0 aliphatic carbocycles. The van der Waals surface area contributed by atoms with Gasteiger partial charge in [0.1, 0.15) is 0 Å². The number of nitrogens with one attached hydrogen (secondary N) is 1. The minimum Gasteiger partial charge on any atom is -0.493 e. The van der Waals surface area contributed by atoms with Crippen LogP contribution in [-0.4, -0.2) is 44.5 Å². The van der Waals surface area contributed by atoms with Crippen LogP contribution in [0, 0.1) is 5.92 Å². The number of ether oxygens (including phenoxy) is 2. The summed E-state index contributed by atoms with van der Waals surface area (Å²) in [6.07, 6.45) is 2.04.